The topological polar surface area (TPSA) is 18.1 Å². The summed E-state index contributed by atoms with van der Waals surface area (Å²) in [6.45, 7) is 2.39. The molecule has 12 aromatic rings. The van der Waals surface area contributed by atoms with E-state index in [9.17, 15) is 0 Å². The molecule has 4 nitrogen and oxygen atoms in total. The molecule has 0 saturated heterocycles. The van der Waals surface area contributed by atoms with E-state index in [2.05, 4.69) is 190 Å². The van der Waals surface area contributed by atoms with E-state index >= 15 is 0 Å². The molecule has 0 atom stereocenters. The van der Waals surface area contributed by atoms with Gasteiger partial charge in [0.1, 0.15) is 5.52 Å². The van der Waals surface area contributed by atoms with E-state index in [1.807, 2.05) is 0 Å². The van der Waals surface area contributed by atoms with Crippen LogP contribution < -0.4 is 21.0 Å². The van der Waals surface area contributed by atoms with E-state index in [1.54, 1.807) is 0 Å². The monoisotopic (exact) mass is 711 g/mol. The van der Waals surface area contributed by atoms with Gasteiger partial charge in [0.2, 0.25) is 0 Å². The van der Waals surface area contributed by atoms with Crippen LogP contribution in [-0.2, 0) is 7.05 Å². The van der Waals surface area contributed by atoms with Gasteiger partial charge in [0.15, 0.2) is 11.0 Å². The van der Waals surface area contributed by atoms with Gasteiger partial charge in [-0.1, -0.05) is 115 Å². The van der Waals surface area contributed by atoms with Crippen molar-refractivity contribution >= 4 is 105 Å². The van der Waals surface area contributed by atoms with Crippen LogP contribution >= 0.6 is 0 Å². The zero-order chi connectivity index (χ0) is 36.6. The van der Waals surface area contributed by atoms with E-state index in [4.69, 9.17) is 0 Å². The Morgan fingerprint density at radius 1 is 0.482 bits per heavy atom. The molecular weight excluding hydrogens is 679 g/mol. The first kappa shape index (κ1) is 29.3. The van der Waals surface area contributed by atoms with Crippen molar-refractivity contribution in [1.82, 2.24) is 13.5 Å². The lowest BCUT2D eigenvalue weighted by Gasteiger charge is -2.34. The summed E-state index contributed by atoms with van der Waals surface area (Å²) in [5.41, 5.74) is 20.5. The molecule has 0 N–H and O–H groups in total. The smallest absolute Gasteiger partial charge is 0.295 e. The zero-order valence-electron chi connectivity index (χ0n) is 30.9. The number of nitrogens with zero attached hydrogens (tertiary/aromatic N) is 4. The average Bonchev–Trinajstić information content (AvgIpc) is 3.88. The summed E-state index contributed by atoms with van der Waals surface area (Å²) in [5, 5.41) is 9.08. The Morgan fingerprint density at radius 2 is 1.02 bits per heavy atom. The third-order valence-corrected chi connectivity index (χ3v) is 13.4. The third-order valence-electron chi connectivity index (χ3n) is 13.4. The number of hydrogen-bond acceptors (Lipinski definition) is 0. The van der Waals surface area contributed by atoms with E-state index in [0.29, 0.717) is 0 Å². The van der Waals surface area contributed by atoms with Crippen LogP contribution in [-0.4, -0.2) is 20.2 Å². The molecule has 0 fully saturated rings. The number of aryl methyl sites for hydroxylation is 2. The molecule has 14 rings (SSSR count). The summed E-state index contributed by atoms with van der Waals surface area (Å²) in [4.78, 5) is 0. The summed E-state index contributed by atoms with van der Waals surface area (Å²) in [6, 6.07) is 59.5. The largest absolute Gasteiger partial charge is 0.310 e. The van der Waals surface area contributed by atoms with Crippen LogP contribution in [0.2, 0.25) is 0 Å². The summed E-state index contributed by atoms with van der Waals surface area (Å²) in [7, 11) is 2.22. The molecule has 0 spiro atoms. The highest BCUT2D eigenvalue weighted by Gasteiger charge is 2.41. The maximum Gasteiger partial charge on any atom is 0.295 e. The predicted octanol–water partition coefficient (Wildman–Crippen LogP) is 9.54. The number of fused-ring (bicyclic) bond motifs is 18. The minimum Gasteiger partial charge on any atom is -0.310 e. The van der Waals surface area contributed by atoms with Crippen molar-refractivity contribution in [2.24, 2.45) is 7.05 Å². The van der Waals surface area contributed by atoms with Crippen molar-refractivity contribution in [1.29, 1.82) is 0 Å². The quantitative estimate of drug-likeness (QED) is 0.0918. The van der Waals surface area contributed by atoms with Crippen LogP contribution in [0.25, 0.3) is 104 Å². The molecule has 5 heteroatoms. The second-order valence-electron chi connectivity index (χ2n) is 16.0. The number of rotatable bonds is 1. The van der Waals surface area contributed by atoms with Gasteiger partial charge in [-0.15, -0.1) is 0 Å². The molecule has 56 heavy (non-hydrogen) atoms. The lowest BCUT2D eigenvalue weighted by molar-refractivity contribution is -0.617. The first-order chi connectivity index (χ1) is 27.7. The van der Waals surface area contributed by atoms with Crippen LogP contribution in [0, 0.1) is 6.92 Å². The molecule has 0 unspecified atom stereocenters. The molecule has 0 bridgehead atoms. The Labute approximate surface area is 321 Å². The highest BCUT2D eigenvalue weighted by atomic mass is 15.1. The fraction of sp³-hybridized carbons (Fsp3) is 0.0392. The minimum atomic E-state index is 0.109. The minimum absolute atomic E-state index is 0.109. The molecule has 2 aliphatic heterocycles. The SMILES string of the molecule is Cc1ccc(-c2cc3c4c(c2)-n2c5ccccc5c5cccc(c52)B4c2cccc4c5ccccc5n-3c24)c2c3ccccc3n3c4ccccc4[n+](C)c3c12. The van der Waals surface area contributed by atoms with Gasteiger partial charge < -0.3 is 9.13 Å². The number of hydrogen-bond donors (Lipinski definition) is 0. The maximum atomic E-state index is 2.59. The van der Waals surface area contributed by atoms with Gasteiger partial charge in [0.05, 0.1) is 23.5 Å². The molecule has 0 amide bonds. The van der Waals surface area contributed by atoms with Gasteiger partial charge in [-0.3, -0.25) is 0 Å². The average molecular weight is 712 g/mol. The van der Waals surface area contributed by atoms with Crippen LogP contribution in [0.3, 0.4) is 0 Å². The summed E-state index contributed by atoms with van der Waals surface area (Å²) >= 11 is 0. The Balaban J connectivity index is 1.22. The van der Waals surface area contributed by atoms with Crippen molar-refractivity contribution in [3.05, 3.63) is 163 Å². The number of para-hydroxylation sites is 7. The standard InChI is InChI=1S/C51H32BN4/c1-29-25-26-31(47-36-15-5-8-22-41(36)56-43-24-10-9-23-42(43)53(2)51(56)46(29)47)30-27-44-48-45(28-30)55-40-21-7-4-14-33(40)35-17-12-19-38(50(35)55)52(48)37-18-11-16-34-32-13-3-6-20-39(32)54(44)49(34)37/h3-28H,1-2H3/q+1. The Morgan fingerprint density at radius 3 is 1.66 bits per heavy atom. The maximum absolute atomic E-state index is 2.59. The van der Waals surface area contributed by atoms with Gasteiger partial charge in [-0.05, 0) is 82.5 Å². The summed E-state index contributed by atoms with van der Waals surface area (Å²) < 4.78 is 10.0. The Bertz CT molecular complexity index is 3660. The molecule has 8 aromatic carbocycles. The molecule has 0 radical (unpaired) electrons. The van der Waals surface area contributed by atoms with Crippen molar-refractivity contribution in [2.75, 3.05) is 0 Å². The van der Waals surface area contributed by atoms with E-state index in [1.165, 1.54) is 126 Å². The van der Waals surface area contributed by atoms with Gasteiger partial charge in [0, 0.05) is 54.7 Å². The highest BCUT2D eigenvalue weighted by Crippen LogP contribution is 2.44. The Hall–Kier alpha value is -7.11. The summed E-state index contributed by atoms with van der Waals surface area (Å²) in [6.07, 6.45) is 0. The van der Waals surface area contributed by atoms with Gasteiger partial charge in [-0.2, -0.15) is 4.40 Å². The van der Waals surface area contributed by atoms with Gasteiger partial charge in [-0.25, -0.2) is 4.57 Å². The van der Waals surface area contributed by atoms with Crippen LogP contribution in [0.1, 0.15) is 5.56 Å². The second kappa shape index (κ2) is 9.95. The normalized spacial score (nSPS) is 13.1. The van der Waals surface area contributed by atoms with Crippen LogP contribution in [0.4, 0.5) is 0 Å². The van der Waals surface area contributed by atoms with Crippen molar-refractivity contribution < 1.29 is 4.57 Å². The van der Waals surface area contributed by atoms with E-state index < -0.39 is 0 Å². The number of benzene rings is 8. The Kier molecular flexibility index (Phi) is 5.20. The molecule has 2 aliphatic rings. The number of aromatic nitrogens is 4. The van der Waals surface area contributed by atoms with Gasteiger partial charge >= 0.3 is 0 Å². The molecule has 0 aliphatic carbocycles. The van der Waals surface area contributed by atoms with Crippen molar-refractivity contribution in [3.8, 4) is 22.5 Å². The molecule has 258 valence electrons. The van der Waals surface area contributed by atoms with E-state index in [-0.39, 0.29) is 6.71 Å². The molecule has 6 heterocycles. The number of pyridine rings is 1. The lowest BCUT2D eigenvalue weighted by Crippen LogP contribution is -2.59. The third kappa shape index (κ3) is 3.27. The fourth-order valence-electron chi connectivity index (χ4n) is 11.2. The first-order valence-electron chi connectivity index (χ1n) is 19.6. The zero-order valence-corrected chi connectivity index (χ0v) is 30.9. The van der Waals surface area contributed by atoms with Crippen LogP contribution in [0.15, 0.2) is 158 Å². The van der Waals surface area contributed by atoms with Crippen molar-refractivity contribution in [3.63, 3.8) is 0 Å². The lowest BCUT2D eigenvalue weighted by atomic mass is 9.34. The van der Waals surface area contributed by atoms with Gasteiger partial charge in [0.25, 0.3) is 12.4 Å². The highest BCUT2D eigenvalue weighted by molar-refractivity contribution is 7.00. The molecule has 0 saturated carbocycles. The first-order valence-corrected chi connectivity index (χ1v) is 19.6. The van der Waals surface area contributed by atoms with E-state index in [0.717, 1.165) is 0 Å². The molecule has 4 aromatic heterocycles. The van der Waals surface area contributed by atoms with Crippen LogP contribution in [0.5, 0.6) is 0 Å². The van der Waals surface area contributed by atoms with Crippen molar-refractivity contribution in [2.45, 2.75) is 6.92 Å². The second-order valence-corrected chi connectivity index (χ2v) is 16.0. The fourth-order valence-corrected chi connectivity index (χ4v) is 11.2. The predicted molar refractivity (Wildman–Crippen MR) is 235 cm³/mol. The summed E-state index contributed by atoms with van der Waals surface area (Å²) in [5.74, 6) is 0. The number of imidazole rings is 1. The molecular formula is C51H32BN4+.